The molecule has 25 heavy (non-hydrogen) atoms. The molecule has 0 saturated heterocycles. The van der Waals surface area contributed by atoms with Crippen LogP contribution in [0.3, 0.4) is 0 Å². The topological polar surface area (TPSA) is 110 Å². The van der Waals surface area contributed by atoms with Gasteiger partial charge in [-0.05, 0) is 36.1 Å². The number of carboxylic acid groups (broad SMARTS) is 1. The van der Waals surface area contributed by atoms with E-state index in [4.69, 9.17) is 0 Å². The van der Waals surface area contributed by atoms with Gasteiger partial charge in [-0.25, -0.2) is 4.79 Å². The van der Waals surface area contributed by atoms with Crippen LogP contribution in [0.25, 0.3) is 0 Å². The maximum Gasteiger partial charge on any atom is 0.336 e. The van der Waals surface area contributed by atoms with Crippen LogP contribution in [0.2, 0.25) is 0 Å². The summed E-state index contributed by atoms with van der Waals surface area (Å²) in [5.74, 6) is -1.59. The predicted octanol–water partition coefficient (Wildman–Crippen LogP) is 3.98. The number of carbonyl (C=O) groups excluding carboxylic acids is 1. The summed E-state index contributed by atoms with van der Waals surface area (Å²) in [6, 6.07) is 8.69. The highest BCUT2D eigenvalue weighted by Crippen LogP contribution is 2.24. The molecule has 0 aliphatic heterocycles. The number of hydrogen-bond acceptors (Lipinski definition) is 4. The summed E-state index contributed by atoms with van der Waals surface area (Å²) >= 11 is 0. The molecule has 0 aliphatic rings. The Labute approximate surface area is 144 Å². The fraction of sp³-hybridized carbons (Fsp3) is 0.222. The van der Waals surface area contributed by atoms with Gasteiger partial charge in [-0.2, -0.15) is 0 Å². The molecule has 0 bridgehead atoms. The molecule has 7 heteroatoms. The van der Waals surface area contributed by atoms with Crippen LogP contribution in [-0.2, 0) is 0 Å². The van der Waals surface area contributed by atoms with Crippen LogP contribution in [0.4, 0.5) is 11.4 Å². The zero-order valence-corrected chi connectivity index (χ0v) is 14.1. The van der Waals surface area contributed by atoms with Crippen molar-refractivity contribution in [1.29, 1.82) is 0 Å². The molecule has 130 valence electrons. The lowest BCUT2D eigenvalue weighted by atomic mass is 9.96. The molecule has 0 aromatic heterocycles. The Morgan fingerprint density at radius 3 is 2.36 bits per heavy atom. The fourth-order valence-corrected chi connectivity index (χ4v) is 2.49. The first kappa shape index (κ1) is 18.1. The van der Waals surface area contributed by atoms with Gasteiger partial charge in [0.1, 0.15) is 0 Å². The third-order valence-electron chi connectivity index (χ3n) is 3.84. The van der Waals surface area contributed by atoms with Gasteiger partial charge in [-0.3, -0.25) is 14.9 Å². The maximum atomic E-state index is 12.4. The van der Waals surface area contributed by atoms with Crippen molar-refractivity contribution in [1.82, 2.24) is 0 Å². The average Bonchev–Trinajstić information content (AvgIpc) is 2.54. The smallest absolute Gasteiger partial charge is 0.336 e. The van der Waals surface area contributed by atoms with E-state index in [0.29, 0.717) is 16.8 Å². The molecule has 7 nitrogen and oxygen atoms in total. The molecule has 0 unspecified atom stereocenters. The Balaban J connectivity index is 2.35. The van der Waals surface area contributed by atoms with E-state index in [9.17, 15) is 24.8 Å². The number of nitrogens with one attached hydrogen (secondary N) is 1. The number of amides is 1. The molecule has 2 aromatic carbocycles. The number of aryl methyl sites for hydroxylation is 1. The molecule has 0 atom stereocenters. The van der Waals surface area contributed by atoms with Gasteiger partial charge in [0.25, 0.3) is 11.6 Å². The number of aromatic carboxylic acids is 1. The lowest BCUT2D eigenvalue weighted by molar-refractivity contribution is -0.384. The molecule has 2 aromatic rings. The number of nitro benzene ring substituents is 1. The third-order valence-corrected chi connectivity index (χ3v) is 3.84. The number of non-ortho nitro benzene ring substituents is 1. The number of carbonyl (C=O) groups is 2. The predicted molar refractivity (Wildman–Crippen MR) is 93.3 cm³/mol. The van der Waals surface area contributed by atoms with Crippen molar-refractivity contribution in [2.24, 2.45) is 0 Å². The Hall–Kier alpha value is -3.22. The van der Waals surface area contributed by atoms with Crippen LogP contribution in [0.1, 0.15) is 51.6 Å². The third kappa shape index (κ3) is 4.00. The number of anilines is 1. The van der Waals surface area contributed by atoms with Gasteiger partial charge in [0.05, 0.1) is 10.5 Å². The van der Waals surface area contributed by atoms with Gasteiger partial charge in [-0.1, -0.05) is 26.0 Å². The number of nitro groups is 1. The van der Waals surface area contributed by atoms with E-state index >= 15 is 0 Å². The van der Waals surface area contributed by atoms with Gasteiger partial charge >= 0.3 is 5.97 Å². The largest absolute Gasteiger partial charge is 0.478 e. The quantitative estimate of drug-likeness (QED) is 0.631. The van der Waals surface area contributed by atoms with Gasteiger partial charge in [0, 0.05) is 23.4 Å². The standard InChI is InChI=1S/C18H18N2O5/c1-10(2)14-7-5-12(8-16(14)18(22)23)19-17(21)15-9-13(20(24)25)6-4-11(15)3/h4-10H,1-3H3,(H,19,21)(H,22,23). The zero-order chi connectivity index (χ0) is 18.7. The highest BCUT2D eigenvalue weighted by Gasteiger charge is 2.17. The number of benzene rings is 2. The minimum Gasteiger partial charge on any atom is -0.478 e. The number of hydrogen-bond donors (Lipinski definition) is 2. The van der Waals surface area contributed by atoms with E-state index in [1.807, 2.05) is 13.8 Å². The molecule has 1 amide bonds. The van der Waals surface area contributed by atoms with Crippen LogP contribution in [-0.4, -0.2) is 21.9 Å². The van der Waals surface area contributed by atoms with E-state index in [1.165, 1.54) is 24.3 Å². The van der Waals surface area contributed by atoms with Gasteiger partial charge < -0.3 is 10.4 Å². The van der Waals surface area contributed by atoms with E-state index in [-0.39, 0.29) is 22.7 Å². The Kier molecular flexibility index (Phi) is 5.17. The summed E-state index contributed by atoms with van der Waals surface area (Å²) in [6.07, 6.45) is 0. The molecule has 0 spiro atoms. The normalized spacial score (nSPS) is 10.6. The Morgan fingerprint density at radius 1 is 1.12 bits per heavy atom. The molecule has 0 saturated carbocycles. The molecule has 2 N–H and O–H groups in total. The van der Waals surface area contributed by atoms with Crippen LogP contribution >= 0.6 is 0 Å². The molecule has 0 heterocycles. The van der Waals surface area contributed by atoms with Crippen LogP contribution in [0.5, 0.6) is 0 Å². The van der Waals surface area contributed by atoms with Gasteiger partial charge in [0.2, 0.25) is 0 Å². The van der Waals surface area contributed by atoms with Crippen molar-refractivity contribution >= 4 is 23.3 Å². The Morgan fingerprint density at radius 2 is 1.80 bits per heavy atom. The first-order valence-electron chi connectivity index (χ1n) is 7.64. The number of nitrogens with zero attached hydrogens (tertiary/aromatic N) is 1. The van der Waals surface area contributed by atoms with Crippen LogP contribution in [0, 0.1) is 17.0 Å². The molecular formula is C18H18N2O5. The number of rotatable bonds is 5. The summed E-state index contributed by atoms with van der Waals surface area (Å²) in [5.41, 5.74) is 1.66. The van der Waals surface area contributed by atoms with Crippen LogP contribution < -0.4 is 5.32 Å². The monoisotopic (exact) mass is 342 g/mol. The lowest BCUT2D eigenvalue weighted by Crippen LogP contribution is -2.15. The molecule has 2 rings (SSSR count). The average molecular weight is 342 g/mol. The Bertz CT molecular complexity index is 859. The summed E-state index contributed by atoms with van der Waals surface area (Å²) in [7, 11) is 0. The van der Waals surface area contributed by atoms with Gasteiger partial charge in [-0.15, -0.1) is 0 Å². The summed E-state index contributed by atoms with van der Waals surface area (Å²) in [5, 5.41) is 22.8. The summed E-state index contributed by atoms with van der Waals surface area (Å²) in [4.78, 5) is 34.2. The van der Waals surface area contributed by atoms with Crippen molar-refractivity contribution in [2.45, 2.75) is 26.7 Å². The van der Waals surface area contributed by atoms with E-state index in [0.717, 1.165) is 0 Å². The highest BCUT2D eigenvalue weighted by molar-refractivity contribution is 6.06. The molecular weight excluding hydrogens is 324 g/mol. The maximum absolute atomic E-state index is 12.4. The summed E-state index contributed by atoms with van der Waals surface area (Å²) in [6.45, 7) is 5.43. The first-order valence-corrected chi connectivity index (χ1v) is 7.64. The second-order valence-corrected chi connectivity index (χ2v) is 5.97. The van der Waals surface area contributed by atoms with Gasteiger partial charge in [0.15, 0.2) is 0 Å². The van der Waals surface area contributed by atoms with Crippen molar-refractivity contribution in [2.75, 3.05) is 5.32 Å². The number of carboxylic acids is 1. The van der Waals surface area contributed by atoms with E-state index < -0.39 is 16.8 Å². The van der Waals surface area contributed by atoms with Crippen molar-refractivity contribution < 1.29 is 19.6 Å². The molecule has 0 aliphatic carbocycles. The minimum atomic E-state index is -1.08. The highest BCUT2D eigenvalue weighted by atomic mass is 16.6. The SMILES string of the molecule is Cc1ccc([N+](=O)[O-])cc1C(=O)Nc1ccc(C(C)C)c(C(=O)O)c1. The second-order valence-electron chi connectivity index (χ2n) is 5.97. The summed E-state index contributed by atoms with van der Waals surface area (Å²) < 4.78 is 0. The zero-order valence-electron chi connectivity index (χ0n) is 14.1. The minimum absolute atomic E-state index is 0.0230. The molecule has 0 radical (unpaired) electrons. The first-order chi connectivity index (χ1) is 11.7. The van der Waals surface area contributed by atoms with E-state index in [1.54, 1.807) is 19.1 Å². The van der Waals surface area contributed by atoms with E-state index in [2.05, 4.69) is 5.32 Å². The van der Waals surface area contributed by atoms with Crippen LogP contribution in [0.15, 0.2) is 36.4 Å². The molecule has 0 fully saturated rings. The van der Waals surface area contributed by atoms with Crippen molar-refractivity contribution in [3.63, 3.8) is 0 Å². The fourth-order valence-electron chi connectivity index (χ4n) is 2.49. The second kappa shape index (κ2) is 7.12. The lowest BCUT2D eigenvalue weighted by Gasteiger charge is -2.13. The van der Waals surface area contributed by atoms with Crippen molar-refractivity contribution in [3.8, 4) is 0 Å². The van der Waals surface area contributed by atoms with Crippen molar-refractivity contribution in [3.05, 3.63) is 68.8 Å².